The number of ether oxygens (including phenoxy) is 1. The second-order valence-corrected chi connectivity index (χ2v) is 10.0. The minimum absolute atomic E-state index is 0.0151. The van der Waals surface area contributed by atoms with Gasteiger partial charge in [-0.05, 0) is 71.5 Å². The molecule has 1 atom stereocenters. The molecular formula is C24H23FN2O4S. The Bertz CT molecular complexity index is 1260. The third-order valence-electron chi connectivity index (χ3n) is 5.65. The molecule has 0 aliphatic carbocycles. The summed E-state index contributed by atoms with van der Waals surface area (Å²) >= 11 is 0. The number of halogens is 1. The van der Waals surface area contributed by atoms with Crippen LogP contribution in [-0.4, -0.2) is 14.9 Å². The summed E-state index contributed by atoms with van der Waals surface area (Å²) in [6.07, 6.45) is 0.680. The molecule has 166 valence electrons. The van der Waals surface area contributed by atoms with E-state index in [9.17, 15) is 17.6 Å². The maximum atomic E-state index is 13.2. The highest BCUT2D eigenvalue weighted by molar-refractivity contribution is 7.92. The summed E-state index contributed by atoms with van der Waals surface area (Å²) in [5.74, 6) is -0.0297. The Kier molecular flexibility index (Phi) is 5.64. The Labute approximate surface area is 186 Å². The lowest BCUT2D eigenvalue weighted by atomic mass is 9.74. The van der Waals surface area contributed by atoms with E-state index in [1.807, 2.05) is 24.3 Å². The zero-order valence-electron chi connectivity index (χ0n) is 17.6. The fraction of sp³-hybridized carbons (Fsp3) is 0.208. The van der Waals surface area contributed by atoms with Crippen molar-refractivity contribution in [1.82, 2.24) is 0 Å². The zero-order valence-corrected chi connectivity index (χ0v) is 18.4. The fourth-order valence-electron chi connectivity index (χ4n) is 4.10. The molecule has 0 amide bonds. The van der Waals surface area contributed by atoms with E-state index < -0.39 is 15.8 Å². The predicted octanol–water partition coefficient (Wildman–Crippen LogP) is 5.00. The third kappa shape index (κ3) is 4.31. The van der Waals surface area contributed by atoms with Crippen LogP contribution in [0.5, 0.6) is 5.75 Å². The van der Waals surface area contributed by atoms with E-state index in [1.165, 1.54) is 12.1 Å². The van der Waals surface area contributed by atoms with E-state index in [2.05, 4.69) is 23.9 Å². The number of nitrogens with one attached hydrogen (secondary N) is 2. The molecule has 32 heavy (non-hydrogen) atoms. The molecule has 8 heteroatoms. The average Bonchev–Trinajstić information content (AvgIpc) is 2.74. The number of anilines is 2. The van der Waals surface area contributed by atoms with Gasteiger partial charge in [0.1, 0.15) is 11.6 Å². The van der Waals surface area contributed by atoms with Crippen LogP contribution in [-0.2, 0) is 20.2 Å². The minimum atomic E-state index is -3.89. The highest BCUT2D eigenvalue weighted by Crippen LogP contribution is 2.46. The number of para-hydroxylation sites is 1. The van der Waals surface area contributed by atoms with Crippen LogP contribution < -0.4 is 14.8 Å². The number of hydrogen-bond acceptors (Lipinski definition) is 5. The van der Waals surface area contributed by atoms with Crippen LogP contribution in [0.2, 0.25) is 0 Å². The maximum Gasteiger partial charge on any atom is 0.298 e. The Morgan fingerprint density at radius 1 is 1.09 bits per heavy atom. The largest absolute Gasteiger partial charge is 0.429 e. The van der Waals surface area contributed by atoms with Gasteiger partial charge in [-0.3, -0.25) is 9.52 Å². The van der Waals surface area contributed by atoms with Crippen LogP contribution >= 0.6 is 0 Å². The van der Waals surface area contributed by atoms with E-state index in [4.69, 9.17) is 4.74 Å². The molecule has 2 N–H and O–H groups in total. The molecule has 1 aliphatic rings. The highest BCUT2D eigenvalue weighted by Gasteiger charge is 2.35. The van der Waals surface area contributed by atoms with Crippen molar-refractivity contribution in [3.05, 3.63) is 83.7 Å². The number of benzene rings is 3. The zero-order chi connectivity index (χ0) is 22.9. The van der Waals surface area contributed by atoms with Gasteiger partial charge in [0.15, 0.2) is 0 Å². The molecule has 0 saturated heterocycles. The van der Waals surface area contributed by atoms with E-state index in [1.54, 1.807) is 18.2 Å². The van der Waals surface area contributed by atoms with Gasteiger partial charge >= 0.3 is 0 Å². The molecule has 6 nitrogen and oxygen atoms in total. The minimum Gasteiger partial charge on any atom is -0.429 e. The van der Waals surface area contributed by atoms with Gasteiger partial charge in [0.2, 0.25) is 0 Å². The van der Waals surface area contributed by atoms with E-state index in [0.29, 0.717) is 24.3 Å². The second kappa shape index (κ2) is 8.27. The molecule has 0 aromatic heterocycles. The number of sulfonamides is 1. The van der Waals surface area contributed by atoms with E-state index >= 15 is 0 Å². The fourth-order valence-corrected chi connectivity index (χ4v) is 5.18. The molecule has 3 aromatic rings. The third-order valence-corrected chi connectivity index (χ3v) is 7.03. The maximum absolute atomic E-state index is 13.2. The monoisotopic (exact) mass is 454 g/mol. The molecule has 1 heterocycles. The molecule has 1 unspecified atom stereocenters. The van der Waals surface area contributed by atoms with Crippen LogP contribution in [0.15, 0.2) is 71.6 Å². The van der Waals surface area contributed by atoms with Crippen molar-refractivity contribution in [1.29, 1.82) is 0 Å². The first-order chi connectivity index (χ1) is 15.2. The van der Waals surface area contributed by atoms with E-state index in [0.717, 1.165) is 28.9 Å². The van der Waals surface area contributed by atoms with E-state index in [-0.39, 0.29) is 16.4 Å². The lowest BCUT2D eigenvalue weighted by Gasteiger charge is -2.39. The molecular weight excluding hydrogens is 431 g/mol. The van der Waals surface area contributed by atoms with Crippen LogP contribution in [0, 0.1) is 5.82 Å². The molecule has 0 saturated carbocycles. The molecule has 0 bridgehead atoms. The van der Waals surface area contributed by atoms with Gasteiger partial charge in [0, 0.05) is 5.69 Å². The number of rotatable bonds is 6. The molecule has 0 radical (unpaired) electrons. The summed E-state index contributed by atoms with van der Waals surface area (Å²) in [5, 5.41) is 3.48. The summed E-state index contributed by atoms with van der Waals surface area (Å²) in [6.45, 7) is 4.59. The first-order valence-corrected chi connectivity index (χ1v) is 11.6. The Morgan fingerprint density at radius 3 is 2.53 bits per heavy atom. The van der Waals surface area contributed by atoms with Crippen molar-refractivity contribution in [3.8, 4) is 5.75 Å². The smallest absolute Gasteiger partial charge is 0.298 e. The van der Waals surface area contributed by atoms with Gasteiger partial charge in [-0.15, -0.1) is 0 Å². The van der Waals surface area contributed by atoms with Crippen LogP contribution in [0.3, 0.4) is 0 Å². The molecule has 4 rings (SSSR count). The van der Waals surface area contributed by atoms with Gasteiger partial charge in [0.05, 0.1) is 16.6 Å². The molecule has 0 spiro atoms. The van der Waals surface area contributed by atoms with Crippen molar-refractivity contribution in [2.75, 3.05) is 10.0 Å². The Morgan fingerprint density at radius 2 is 1.81 bits per heavy atom. The Balaban J connectivity index is 1.67. The van der Waals surface area contributed by atoms with Crippen molar-refractivity contribution in [2.24, 2.45) is 0 Å². The lowest BCUT2D eigenvalue weighted by Crippen LogP contribution is -2.31. The number of fused-ring (bicyclic) bond motifs is 1. The molecule has 3 aromatic carbocycles. The summed E-state index contributed by atoms with van der Waals surface area (Å²) in [4.78, 5) is 10.7. The predicted molar refractivity (Wildman–Crippen MR) is 121 cm³/mol. The number of carbonyl (C=O) groups is 1. The second-order valence-electron chi connectivity index (χ2n) is 8.35. The topological polar surface area (TPSA) is 84.5 Å². The summed E-state index contributed by atoms with van der Waals surface area (Å²) in [5.41, 5.74) is 2.88. The first kappa shape index (κ1) is 21.8. The molecule has 1 aliphatic heterocycles. The summed E-state index contributed by atoms with van der Waals surface area (Å²) < 4.78 is 46.6. The highest BCUT2D eigenvalue weighted by atomic mass is 32.2. The number of hydrogen-bond donors (Lipinski definition) is 2. The lowest BCUT2D eigenvalue weighted by molar-refractivity contribution is -0.120. The summed E-state index contributed by atoms with van der Waals surface area (Å²) in [6, 6.07) is 17.2. The normalized spacial score (nSPS) is 17.0. The average molecular weight is 455 g/mol. The van der Waals surface area contributed by atoms with Gasteiger partial charge in [-0.1, -0.05) is 32.0 Å². The van der Waals surface area contributed by atoms with Crippen molar-refractivity contribution in [2.45, 2.75) is 36.6 Å². The standard InChI is InChI=1S/C24H23FN2O4S/c1-24(2)14-23(26-22-12-9-17(31-15-28)13-20(22)24)19-5-3-4-6-21(19)27-32(29,30)18-10-7-16(25)8-11-18/h3-13,15,23,26-27H,14H2,1-2H3. The van der Waals surface area contributed by atoms with Gasteiger partial charge in [0.25, 0.3) is 16.5 Å². The first-order valence-electron chi connectivity index (χ1n) is 10.1. The number of carbonyl (C=O) groups excluding carboxylic acids is 1. The summed E-state index contributed by atoms with van der Waals surface area (Å²) in [7, 11) is -3.89. The quantitative estimate of drug-likeness (QED) is 0.512. The Hall–Kier alpha value is -3.39. The van der Waals surface area contributed by atoms with Crippen LogP contribution in [0.25, 0.3) is 0 Å². The van der Waals surface area contributed by atoms with Crippen molar-refractivity contribution < 1.29 is 22.3 Å². The van der Waals surface area contributed by atoms with Crippen LogP contribution in [0.1, 0.15) is 37.4 Å². The van der Waals surface area contributed by atoms with Gasteiger partial charge in [-0.2, -0.15) is 0 Å². The SMILES string of the molecule is CC1(C)CC(c2ccccc2NS(=O)(=O)c2ccc(F)cc2)Nc2ccc(OC=O)cc21. The van der Waals surface area contributed by atoms with Gasteiger partial charge in [-0.25, -0.2) is 12.8 Å². The van der Waals surface area contributed by atoms with Crippen LogP contribution in [0.4, 0.5) is 15.8 Å². The molecule has 0 fully saturated rings. The van der Waals surface area contributed by atoms with Gasteiger partial charge < -0.3 is 10.1 Å². The van der Waals surface area contributed by atoms with Crippen molar-refractivity contribution >= 4 is 27.9 Å². The van der Waals surface area contributed by atoms with Crippen molar-refractivity contribution in [3.63, 3.8) is 0 Å².